The van der Waals surface area contributed by atoms with Gasteiger partial charge in [-0.3, -0.25) is 15.0 Å². The number of rotatable bonds is 10. The van der Waals surface area contributed by atoms with Crippen molar-refractivity contribution >= 4 is 56.7 Å². The molecule has 0 aliphatic carbocycles. The van der Waals surface area contributed by atoms with E-state index in [1.165, 1.54) is 42.5 Å². The van der Waals surface area contributed by atoms with Crippen LogP contribution in [-0.2, 0) is 30.6 Å². The molecule has 3 aromatic rings. The maximum Gasteiger partial charge on any atom is 0.326 e. The first-order chi connectivity index (χ1) is 16.8. The van der Waals surface area contributed by atoms with Gasteiger partial charge in [0.05, 0.1) is 11.3 Å². The molecule has 11 nitrogen and oxygen atoms in total. The number of halogens is 1. The van der Waals surface area contributed by atoms with Crippen molar-refractivity contribution in [2.45, 2.75) is 28.6 Å². The van der Waals surface area contributed by atoms with Crippen LogP contribution in [0.15, 0.2) is 71.6 Å². The predicted molar refractivity (Wildman–Crippen MR) is 138 cm³/mol. The van der Waals surface area contributed by atoms with Gasteiger partial charge in [0, 0.05) is 12.0 Å². The number of hydrogen-bond donors (Lipinski definition) is 6. The van der Waals surface area contributed by atoms with Crippen LogP contribution < -0.4 is 16.8 Å². The van der Waals surface area contributed by atoms with E-state index in [0.717, 1.165) is 0 Å². The van der Waals surface area contributed by atoms with Gasteiger partial charge in [-0.2, -0.15) is 0 Å². The van der Waals surface area contributed by atoms with Gasteiger partial charge in [-0.1, -0.05) is 54.6 Å². The zero-order chi connectivity index (χ0) is 26.7. The molecule has 0 radical (unpaired) electrons. The SMILES string of the molecule is Cl.N=C(N)c1ccc(C[C@H](NC(=O)[C@@](N)(CC(=O)O)S(=O)(=O)c2ccc3ccccc3c2)C(=O)O)cc1. The van der Waals surface area contributed by atoms with Crippen LogP contribution in [0.3, 0.4) is 0 Å². The Morgan fingerprint density at radius 3 is 2.11 bits per heavy atom. The Balaban J connectivity index is 0.00000481. The largest absolute Gasteiger partial charge is 0.481 e. The molecule has 0 heterocycles. The molecule has 0 saturated heterocycles. The highest BCUT2D eigenvalue weighted by atomic mass is 35.5. The minimum absolute atomic E-state index is 0. The number of nitrogens with two attached hydrogens (primary N) is 2. The molecule has 1 amide bonds. The molecule has 2 atom stereocenters. The fourth-order valence-electron chi connectivity index (χ4n) is 3.60. The number of nitrogens with one attached hydrogen (secondary N) is 2. The molecule has 3 aromatic carbocycles. The second-order valence-electron chi connectivity index (χ2n) is 8.15. The highest BCUT2D eigenvalue weighted by Gasteiger charge is 2.50. The summed E-state index contributed by atoms with van der Waals surface area (Å²) in [5, 5.41) is 29.7. The number of hydrogen-bond acceptors (Lipinski definition) is 7. The maximum atomic E-state index is 13.5. The van der Waals surface area contributed by atoms with Crippen LogP contribution in [0.25, 0.3) is 10.8 Å². The Morgan fingerprint density at radius 1 is 0.973 bits per heavy atom. The average Bonchev–Trinajstić information content (AvgIpc) is 2.82. The number of carbonyl (C=O) groups excluding carboxylic acids is 1. The molecule has 0 aliphatic heterocycles. The summed E-state index contributed by atoms with van der Waals surface area (Å²) in [5.74, 6) is -4.81. The van der Waals surface area contributed by atoms with Gasteiger partial charge in [0.2, 0.25) is 14.7 Å². The molecule has 3 rings (SSSR count). The summed E-state index contributed by atoms with van der Waals surface area (Å²) >= 11 is 0. The number of carboxylic acid groups (broad SMARTS) is 2. The first-order valence-electron chi connectivity index (χ1n) is 10.6. The van der Waals surface area contributed by atoms with Gasteiger partial charge in [0.25, 0.3) is 5.91 Å². The molecule has 0 unspecified atom stereocenters. The monoisotopic (exact) mass is 548 g/mol. The van der Waals surface area contributed by atoms with Crippen LogP contribution in [0.2, 0.25) is 0 Å². The second kappa shape index (κ2) is 11.4. The number of nitrogen functional groups attached to an aromatic ring is 1. The Labute approximate surface area is 218 Å². The number of carbonyl (C=O) groups is 3. The topological polar surface area (TPSA) is 214 Å². The van der Waals surface area contributed by atoms with Gasteiger partial charge in [0.1, 0.15) is 11.9 Å². The summed E-state index contributed by atoms with van der Waals surface area (Å²) in [6.45, 7) is 0. The van der Waals surface area contributed by atoms with Crippen LogP contribution in [0, 0.1) is 5.41 Å². The molecule has 0 aromatic heterocycles. The van der Waals surface area contributed by atoms with E-state index in [0.29, 0.717) is 21.9 Å². The van der Waals surface area contributed by atoms with E-state index in [4.69, 9.17) is 16.9 Å². The highest BCUT2D eigenvalue weighted by molar-refractivity contribution is 7.93. The smallest absolute Gasteiger partial charge is 0.326 e. The zero-order valence-electron chi connectivity index (χ0n) is 19.2. The lowest BCUT2D eigenvalue weighted by atomic mass is 10.0. The van der Waals surface area contributed by atoms with Gasteiger partial charge in [0.15, 0.2) is 0 Å². The van der Waals surface area contributed by atoms with Gasteiger partial charge in [-0.25, -0.2) is 13.2 Å². The first-order valence-corrected chi connectivity index (χ1v) is 12.0. The van der Waals surface area contributed by atoms with Gasteiger partial charge < -0.3 is 27.0 Å². The molecular weight excluding hydrogens is 524 g/mol. The summed E-state index contributed by atoms with van der Waals surface area (Å²) in [6.07, 6.45) is -1.56. The number of carboxylic acids is 2. The summed E-state index contributed by atoms with van der Waals surface area (Å²) in [6, 6.07) is 15.1. The molecule has 196 valence electrons. The molecule has 0 fully saturated rings. The quantitative estimate of drug-likeness (QED) is 0.158. The van der Waals surface area contributed by atoms with Crippen LogP contribution >= 0.6 is 12.4 Å². The van der Waals surface area contributed by atoms with Crippen molar-refractivity contribution in [1.29, 1.82) is 5.41 Å². The summed E-state index contributed by atoms with van der Waals surface area (Å²) in [5.41, 5.74) is 12.2. The minimum Gasteiger partial charge on any atom is -0.481 e. The van der Waals surface area contributed by atoms with E-state index in [9.17, 15) is 33.0 Å². The van der Waals surface area contributed by atoms with Gasteiger partial charge >= 0.3 is 11.9 Å². The minimum atomic E-state index is -4.79. The maximum absolute atomic E-state index is 13.5. The van der Waals surface area contributed by atoms with Crippen LogP contribution in [0.4, 0.5) is 0 Å². The predicted octanol–water partition coefficient (Wildman–Crippen LogP) is 1.26. The number of benzene rings is 3. The summed E-state index contributed by atoms with van der Waals surface area (Å²) in [7, 11) is -4.79. The second-order valence-corrected chi connectivity index (χ2v) is 10.4. The Hall–Kier alpha value is -4.00. The summed E-state index contributed by atoms with van der Waals surface area (Å²) in [4.78, 5) is 33.2. The van der Waals surface area contributed by atoms with E-state index in [2.05, 4.69) is 5.32 Å². The summed E-state index contributed by atoms with van der Waals surface area (Å²) < 4.78 is 26.9. The van der Waals surface area contributed by atoms with E-state index in [1.807, 2.05) is 0 Å². The van der Waals surface area contributed by atoms with Crippen LogP contribution in [0.1, 0.15) is 17.5 Å². The van der Waals surface area contributed by atoms with Crippen molar-refractivity contribution in [1.82, 2.24) is 5.32 Å². The standard InChI is InChI=1S/C24H24N4O7S.ClH/c25-21(26)16-7-5-14(6-8-16)11-19(22(31)32)28-23(33)24(27,13-20(29)30)36(34,35)18-10-9-15-3-1-2-4-17(15)12-18;/h1-10,12,19H,11,13,27H2,(H3,25,26)(H,28,33)(H,29,30)(H,31,32);1H/t19-,24+;/m0./s1. The van der Waals surface area contributed by atoms with Crippen LogP contribution in [0.5, 0.6) is 0 Å². The molecule has 0 bridgehead atoms. The number of fused-ring (bicyclic) bond motifs is 1. The van der Waals surface area contributed by atoms with Crippen molar-refractivity contribution in [3.05, 3.63) is 77.9 Å². The highest BCUT2D eigenvalue weighted by Crippen LogP contribution is 2.28. The van der Waals surface area contributed by atoms with Gasteiger partial charge in [-0.15, -0.1) is 12.4 Å². The zero-order valence-corrected chi connectivity index (χ0v) is 20.9. The number of amides is 1. The molecule has 0 aliphatic rings. The van der Waals surface area contributed by atoms with Crippen molar-refractivity contribution in [2.75, 3.05) is 0 Å². The van der Waals surface area contributed by atoms with E-state index in [-0.39, 0.29) is 29.6 Å². The van der Waals surface area contributed by atoms with Crippen molar-refractivity contribution in [3.63, 3.8) is 0 Å². The number of sulfone groups is 1. The third-order valence-corrected chi connectivity index (χ3v) is 7.78. The lowest BCUT2D eigenvalue weighted by molar-refractivity contribution is -0.143. The first kappa shape index (κ1) is 29.2. The Kier molecular flexibility index (Phi) is 8.99. The molecule has 0 saturated carbocycles. The fraction of sp³-hybridized carbons (Fsp3) is 0.167. The van der Waals surface area contributed by atoms with Gasteiger partial charge in [-0.05, 0) is 28.5 Å². The van der Waals surface area contributed by atoms with E-state index in [1.54, 1.807) is 24.3 Å². The molecular formula is C24H25ClN4O7S. The third-order valence-electron chi connectivity index (χ3n) is 5.62. The number of amidine groups is 1. The Bertz CT molecular complexity index is 1460. The Morgan fingerprint density at radius 2 is 1.57 bits per heavy atom. The van der Waals surface area contributed by atoms with Crippen molar-refractivity contribution < 1.29 is 33.0 Å². The van der Waals surface area contributed by atoms with Crippen LogP contribution in [-0.4, -0.2) is 53.2 Å². The normalized spacial score (nSPS) is 13.5. The fourth-order valence-corrected chi connectivity index (χ4v) is 5.17. The number of aliphatic carboxylic acids is 2. The van der Waals surface area contributed by atoms with Crippen molar-refractivity contribution in [3.8, 4) is 0 Å². The van der Waals surface area contributed by atoms with E-state index < -0.39 is 45.0 Å². The molecule has 0 spiro atoms. The van der Waals surface area contributed by atoms with E-state index >= 15 is 0 Å². The third kappa shape index (κ3) is 6.23. The molecule has 13 heteroatoms. The average molecular weight is 549 g/mol. The molecule has 8 N–H and O–H groups in total. The lowest BCUT2D eigenvalue weighted by Gasteiger charge is -2.28. The lowest BCUT2D eigenvalue weighted by Crippen LogP contribution is -2.62. The molecule has 37 heavy (non-hydrogen) atoms. The van der Waals surface area contributed by atoms with Crippen molar-refractivity contribution in [2.24, 2.45) is 11.5 Å².